The van der Waals surface area contributed by atoms with Crippen molar-refractivity contribution in [3.8, 4) is 0 Å². The molecule has 5 N–H and O–H groups in total. The second kappa shape index (κ2) is 3.90. The Labute approximate surface area is 65.2 Å². The van der Waals surface area contributed by atoms with Crippen LogP contribution in [0.4, 0.5) is 0 Å². The Balaban J connectivity index is 4.47. The maximum Gasteiger partial charge on any atom is 0.331 e. The predicted octanol–water partition coefficient (Wildman–Crippen LogP) is -0.531. The van der Waals surface area contributed by atoms with Crippen molar-refractivity contribution >= 4 is 5.97 Å². The third-order valence-corrected chi connectivity index (χ3v) is 1.24. The predicted molar refractivity (Wildman–Crippen MR) is 42.9 cm³/mol. The lowest BCUT2D eigenvalue weighted by Crippen LogP contribution is -2.43. The largest absolute Gasteiger partial charge is 0.479 e. The molecule has 0 aliphatic carbocycles. The van der Waals surface area contributed by atoms with Crippen LogP contribution in [0.25, 0.3) is 0 Å². The van der Waals surface area contributed by atoms with E-state index < -0.39 is 11.5 Å². The maximum atomic E-state index is 10.5. The SMILES string of the molecule is C=CC(N)(/C=C/CN)C(=O)O. The fourth-order valence-corrected chi connectivity index (χ4v) is 0.490. The number of aliphatic carboxylic acids is 1. The zero-order valence-corrected chi connectivity index (χ0v) is 6.16. The molecule has 0 fully saturated rings. The van der Waals surface area contributed by atoms with Crippen molar-refractivity contribution in [2.75, 3.05) is 6.54 Å². The summed E-state index contributed by atoms with van der Waals surface area (Å²) in [6, 6.07) is 0. The van der Waals surface area contributed by atoms with Gasteiger partial charge in [0.05, 0.1) is 0 Å². The Kier molecular flexibility index (Phi) is 3.50. The second-order valence-corrected chi connectivity index (χ2v) is 2.08. The molecular formula is C7H12N2O2. The number of carboxylic acid groups (broad SMARTS) is 1. The van der Waals surface area contributed by atoms with Gasteiger partial charge in [0.2, 0.25) is 0 Å². The van der Waals surface area contributed by atoms with Gasteiger partial charge in [0.25, 0.3) is 0 Å². The summed E-state index contributed by atoms with van der Waals surface area (Å²) in [5.74, 6) is -1.14. The van der Waals surface area contributed by atoms with Crippen LogP contribution in [0.2, 0.25) is 0 Å². The standard InChI is InChI=1S/C7H12N2O2/c1-2-7(9,6(10)11)4-3-5-8/h2-4H,1,5,8-9H2,(H,10,11)/b4-3+. The highest BCUT2D eigenvalue weighted by Crippen LogP contribution is 2.03. The molecule has 0 amide bonds. The van der Waals surface area contributed by atoms with Crippen molar-refractivity contribution in [3.63, 3.8) is 0 Å². The first-order chi connectivity index (χ1) is 5.06. The van der Waals surface area contributed by atoms with Gasteiger partial charge in [-0.1, -0.05) is 18.2 Å². The molecule has 1 unspecified atom stereocenters. The molecule has 0 aromatic carbocycles. The lowest BCUT2D eigenvalue weighted by molar-refractivity contribution is -0.139. The van der Waals surface area contributed by atoms with E-state index in [4.69, 9.17) is 16.6 Å². The number of hydrogen-bond acceptors (Lipinski definition) is 3. The Bertz CT molecular complexity index is 189. The summed E-state index contributed by atoms with van der Waals surface area (Å²) >= 11 is 0. The highest BCUT2D eigenvalue weighted by Gasteiger charge is 2.26. The van der Waals surface area contributed by atoms with Gasteiger partial charge >= 0.3 is 5.97 Å². The third-order valence-electron chi connectivity index (χ3n) is 1.24. The van der Waals surface area contributed by atoms with Crippen LogP contribution in [-0.2, 0) is 4.79 Å². The summed E-state index contributed by atoms with van der Waals surface area (Å²) in [6.45, 7) is 3.57. The molecule has 1 atom stereocenters. The molecular weight excluding hydrogens is 144 g/mol. The molecule has 0 aliphatic rings. The highest BCUT2D eigenvalue weighted by atomic mass is 16.4. The van der Waals surface area contributed by atoms with E-state index in [1.165, 1.54) is 12.2 Å². The van der Waals surface area contributed by atoms with Gasteiger partial charge in [0.15, 0.2) is 5.54 Å². The van der Waals surface area contributed by atoms with Crippen LogP contribution in [0.5, 0.6) is 0 Å². The molecule has 4 nitrogen and oxygen atoms in total. The van der Waals surface area contributed by atoms with E-state index in [1.54, 1.807) is 0 Å². The normalized spacial score (nSPS) is 16.2. The molecule has 0 rings (SSSR count). The van der Waals surface area contributed by atoms with Crippen LogP contribution >= 0.6 is 0 Å². The lowest BCUT2D eigenvalue weighted by atomic mass is 10.0. The number of nitrogens with two attached hydrogens (primary N) is 2. The minimum Gasteiger partial charge on any atom is -0.479 e. The van der Waals surface area contributed by atoms with E-state index in [-0.39, 0.29) is 6.54 Å². The zero-order chi connectivity index (χ0) is 8.91. The van der Waals surface area contributed by atoms with Crippen molar-refractivity contribution in [2.45, 2.75) is 5.54 Å². The van der Waals surface area contributed by atoms with E-state index in [0.717, 1.165) is 6.08 Å². The number of rotatable bonds is 4. The zero-order valence-electron chi connectivity index (χ0n) is 6.16. The average molecular weight is 156 g/mol. The summed E-state index contributed by atoms with van der Waals surface area (Å²) in [6.07, 6.45) is 3.94. The summed E-state index contributed by atoms with van der Waals surface area (Å²) < 4.78 is 0. The van der Waals surface area contributed by atoms with Crippen molar-refractivity contribution in [3.05, 3.63) is 24.8 Å². The van der Waals surface area contributed by atoms with Gasteiger partial charge in [-0.05, 0) is 0 Å². The van der Waals surface area contributed by atoms with Crippen LogP contribution in [0.1, 0.15) is 0 Å². The summed E-state index contributed by atoms with van der Waals surface area (Å²) in [4.78, 5) is 10.5. The lowest BCUT2D eigenvalue weighted by Gasteiger charge is -2.14. The molecule has 0 saturated carbocycles. The molecule has 0 aromatic heterocycles. The fraction of sp³-hybridized carbons (Fsp3) is 0.286. The van der Waals surface area contributed by atoms with Crippen molar-refractivity contribution < 1.29 is 9.90 Å². The molecule has 0 aromatic rings. The van der Waals surface area contributed by atoms with E-state index in [0.29, 0.717) is 0 Å². The van der Waals surface area contributed by atoms with Gasteiger partial charge < -0.3 is 16.6 Å². The number of hydrogen-bond donors (Lipinski definition) is 3. The molecule has 0 aliphatic heterocycles. The van der Waals surface area contributed by atoms with E-state index in [2.05, 4.69) is 6.58 Å². The number of carbonyl (C=O) groups is 1. The van der Waals surface area contributed by atoms with Crippen molar-refractivity contribution in [1.82, 2.24) is 0 Å². The smallest absolute Gasteiger partial charge is 0.331 e. The molecule has 0 heterocycles. The Morgan fingerprint density at radius 3 is 2.55 bits per heavy atom. The second-order valence-electron chi connectivity index (χ2n) is 2.08. The third kappa shape index (κ3) is 2.53. The van der Waals surface area contributed by atoms with E-state index >= 15 is 0 Å². The Morgan fingerprint density at radius 1 is 1.73 bits per heavy atom. The van der Waals surface area contributed by atoms with Gasteiger partial charge in [0, 0.05) is 6.54 Å². The molecule has 0 saturated heterocycles. The van der Waals surface area contributed by atoms with Gasteiger partial charge in [-0.25, -0.2) is 4.79 Å². The van der Waals surface area contributed by atoms with Crippen molar-refractivity contribution in [2.24, 2.45) is 11.5 Å². The molecule has 62 valence electrons. The van der Waals surface area contributed by atoms with E-state index in [9.17, 15) is 4.79 Å². The van der Waals surface area contributed by atoms with Crippen LogP contribution in [0, 0.1) is 0 Å². The summed E-state index contributed by atoms with van der Waals surface area (Å²) in [5.41, 5.74) is 9.00. The molecule has 0 spiro atoms. The summed E-state index contributed by atoms with van der Waals surface area (Å²) in [5, 5.41) is 8.57. The highest BCUT2D eigenvalue weighted by molar-refractivity contribution is 5.83. The monoisotopic (exact) mass is 156 g/mol. The van der Waals surface area contributed by atoms with Crippen LogP contribution in [0.3, 0.4) is 0 Å². The average Bonchev–Trinajstić information content (AvgIpc) is 2.00. The first-order valence-electron chi connectivity index (χ1n) is 3.10. The minimum atomic E-state index is -1.49. The molecule has 0 radical (unpaired) electrons. The van der Waals surface area contributed by atoms with Gasteiger partial charge in [0.1, 0.15) is 0 Å². The minimum absolute atomic E-state index is 0.264. The fourth-order valence-electron chi connectivity index (χ4n) is 0.490. The van der Waals surface area contributed by atoms with Gasteiger partial charge in [-0.15, -0.1) is 6.58 Å². The first-order valence-corrected chi connectivity index (χ1v) is 3.10. The Hall–Kier alpha value is -1.13. The summed E-state index contributed by atoms with van der Waals surface area (Å²) in [7, 11) is 0. The van der Waals surface area contributed by atoms with Crippen LogP contribution < -0.4 is 11.5 Å². The molecule has 0 bridgehead atoms. The van der Waals surface area contributed by atoms with E-state index in [1.807, 2.05) is 0 Å². The number of carboxylic acids is 1. The maximum absolute atomic E-state index is 10.5. The molecule has 11 heavy (non-hydrogen) atoms. The molecule has 4 heteroatoms. The van der Waals surface area contributed by atoms with Gasteiger partial charge in [-0.3, -0.25) is 0 Å². The topological polar surface area (TPSA) is 89.3 Å². The first kappa shape index (κ1) is 9.87. The van der Waals surface area contributed by atoms with Crippen LogP contribution in [-0.4, -0.2) is 23.2 Å². The van der Waals surface area contributed by atoms with Crippen LogP contribution in [0.15, 0.2) is 24.8 Å². The van der Waals surface area contributed by atoms with Crippen molar-refractivity contribution in [1.29, 1.82) is 0 Å². The van der Waals surface area contributed by atoms with Gasteiger partial charge in [-0.2, -0.15) is 0 Å². The quantitative estimate of drug-likeness (QED) is 0.477. The Morgan fingerprint density at radius 2 is 2.27 bits per heavy atom.